The molecule has 0 aliphatic carbocycles. The minimum Gasteiger partial charge on any atom is -0.438 e. The molecule has 0 aliphatic rings. The topological polar surface area (TPSA) is 66.5 Å². The minimum absolute atomic E-state index is 0.182. The predicted octanol–water partition coefficient (Wildman–Crippen LogP) is 1.81. The Morgan fingerprint density at radius 1 is 0.900 bits per heavy atom. The van der Waals surface area contributed by atoms with Crippen LogP contribution in [0.1, 0.15) is 0 Å². The average molecular weight is 263 g/mol. The highest BCUT2D eigenvalue weighted by atomic mass is 16.4. The first kappa shape index (κ1) is 11.5. The van der Waals surface area contributed by atoms with Crippen LogP contribution in [0.3, 0.4) is 0 Å². The van der Waals surface area contributed by atoms with Crippen molar-refractivity contribution in [2.75, 3.05) is 0 Å². The zero-order chi connectivity index (χ0) is 13.7. The van der Waals surface area contributed by atoms with Crippen molar-refractivity contribution in [2.24, 2.45) is 0 Å². The van der Waals surface area contributed by atoms with Crippen LogP contribution in [-0.2, 0) is 0 Å². The first-order chi connectivity index (χ1) is 9.72. The largest absolute Gasteiger partial charge is 0.508 e. The second kappa shape index (κ2) is 4.06. The van der Waals surface area contributed by atoms with Gasteiger partial charge in [-0.2, -0.15) is 0 Å². The van der Waals surface area contributed by atoms with Gasteiger partial charge < -0.3 is 14.5 Å². The van der Waals surface area contributed by atoms with E-state index in [1.54, 1.807) is 12.1 Å². The zero-order valence-electron chi connectivity index (χ0n) is 10.4. The Labute approximate surface area is 114 Å². The van der Waals surface area contributed by atoms with E-state index in [0.717, 1.165) is 27.1 Å². The molecule has 5 heteroatoms. The molecule has 96 valence electrons. The number of hydrogen-bond donors (Lipinski definition) is 2. The van der Waals surface area contributed by atoms with Crippen LogP contribution in [0.25, 0.3) is 32.8 Å². The summed E-state index contributed by atoms with van der Waals surface area (Å²) in [5.41, 5.74) is 1.35. The lowest BCUT2D eigenvalue weighted by atomic mass is 9.85. The molecule has 20 heavy (non-hydrogen) atoms. The van der Waals surface area contributed by atoms with Crippen molar-refractivity contribution in [1.82, 2.24) is 4.98 Å². The molecule has 0 amide bonds. The lowest BCUT2D eigenvalue weighted by Crippen LogP contribution is -2.32. The van der Waals surface area contributed by atoms with Crippen molar-refractivity contribution in [3.8, 4) is 0 Å². The predicted molar refractivity (Wildman–Crippen MR) is 78.8 cm³/mol. The number of rotatable bonds is 1. The molecular formula is C15H10BNO3. The van der Waals surface area contributed by atoms with Crippen LogP contribution in [0.2, 0.25) is 0 Å². The van der Waals surface area contributed by atoms with E-state index in [4.69, 9.17) is 14.5 Å². The van der Waals surface area contributed by atoms with Gasteiger partial charge in [0.2, 0.25) is 5.71 Å². The Bertz CT molecular complexity index is 946. The summed E-state index contributed by atoms with van der Waals surface area (Å²) in [6, 6.07) is 15.5. The Morgan fingerprint density at radius 2 is 1.65 bits per heavy atom. The lowest BCUT2D eigenvalue weighted by molar-refractivity contribution is 0.424. The number of hydrogen-bond acceptors (Lipinski definition) is 4. The molecule has 0 radical (unpaired) electrons. The molecule has 0 saturated heterocycles. The monoisotopic (exact) mass is 263 g/mol. The summed E-state index contributed by atoms with van der Waals surface area (Å²) in [6.45, 7) is 0. The van der Waals surface area contributed by atoms with Crippen LogP contribution in [0.15, 0.2) is 52.9 Å². The molecule has 0 unspecified atom stereocenters. The fourth-order valence-corrected chi connectivity index (χ4v) is 2.50. The molecule has 0 spiro atoms. The number of fused-ring (bicyclic) bond motifs is 4. The van der Waals surface area contributed by atoms with E-state index < -0.39 is 7.12 Å². The molecule has 4 nitrogen and oxygen atoms in total. The van der Waals surface area contributed by atoms with E-state index in [1.807, 2.05) is 30.3 Å². The van der Waals surface area contributed by atoms with Crippen LogP contribution >= 0.6 is 0 Å². The molecule has 4 aromatic rings. The molecular weight excluding hydrogens is 253 g/mol. The van der Waals surface area contributed by atoms with Crippen LogP contribution < -0.4 is 5.59 Å². The number of benzene rings is 2. The maximum atomic E-state index is 9.16. The van der Waals surface area contributed by atoms with Crippen molar-refractivity contribution in [3.05, 3.63) is 48.5 Å². The molecule has 2 aromatic heterocycles. The highest BCUT2D eigenvalue weighted by molar-refractivity contribution is 6.57. The van der Waals surface area contributed by atoms with Gasteiger partial charge in [-0.05, 0) is 35.0 Å². The lowest BCUT2D eigenvalue weighted by Gasteiger charge is -1.97. The summed E-state index contributed by atoms with van der Waals surface area (Å²) >= 11 is 0. The van der Waals surface area contributed by atoms with Crippen molar-refractivity contribution >= 4 is 45.6 Å². The number of nitrogens with zero attached hydrogens (tertiary/aromatic N) is 1. The molecule has 2 N–H and O–H groups in total. The first-order valence-electron chi connectivity index (χ1n) is 6.30. The van der Waals surface area contributed by atoms with E-state index in [1.165, 1.54) is 0 Å². The molecule has 2 heterocycles. The molecule has 0 fully saturated rings. The highest BCUT2D eigenvalue weighted by Gasteiger charge is 2.16. The van der Waals surface area contributed by atoms with Crippen LogP contribution in [0.4, 0.5) is 0 Å². The van der Waals surface area contributed by atoms with Crippen LogP contribution in [0.5, 0.6) is 0 Å². The third kappa shape index (κ3) is 1.61. The summed E-state index contributed by atoms with van der Waals surface area (Å²) in [5, 5.41) is 22.4. The van der Waals surface area contributed by atoms with Gasteiger partial charge in [0.05, 0.1) is 5.59 Å². The third-order valence-corrected chi connectivity index (χ3v) is 3.49. The van der Waals surface area contributed by atoms with E-state index in [9.17, 15) is 0 Å². The number of furan rings is 1. The van der Waals surface area contributed by atoms with Crippen molar-refractivity contribution in [2.45, 2.75) is 0 Å². The summed E-state index contributed by atoms with van der Waals surface area (Å²) in [5.74, 6) is 0. The van der Waals surface area contributed by atoms with Gasteiger partial charge in [-0.3, -0.25) is 0 Å². The summed E-state index contributed by atoms with van der Waals surface area (Å²) in [7, 11) is -1.59. The smallest absolute Gasteiger partial charge is 0.438 e. The van der Waals surface area contributed by atoms with Gasteiger partial charge in [0, 0.05) is 10.8 Å². The number of pyridine rings is 1. The van der Waals surface area contributed by atoms with Gasteiger partial charge in [-0.1, -0.05) is 24.3 Å². The molecule has 0 aliphatic heterocycles. The maximum absolute atomic E-state index is 9.16. The quantitative estimate of drug-likeness (QED) is 0.514. The van der Waals surface area contributed by atoms with Gasteiger partial charge in [-0.15, -0.1) is 0 Å². The van der Waals surface area contributed by atoms with E-state index in [-0.39, 0.29) is 5.59 Å². The summed E-state index contributed by atoms with van der Waals surface area (Å²) in [4.78, 5) is 4.14. The average Bonchev–Trinajstić information content (AvgIpc) is 2.81. The second-order valence-electron chi connectivity index (χ2n) is 4.76. The van der Waals surface area contributed by atoms with E-state index in [2.05, 4.69) is 11.1 Å². The second-order valence-corrected chi connectivity index (χ2v) is 4.76. The normalized spacial score (nSPS) is 11.5. The minimum atomic E-state index is -1.59. The van der Waals surface area contributed by atoms with Gasteiger partial charge in [0.25, 0.3) is 0 Å². The Hall–Kier alpha value is -2.37. The highest BCUT2D eigenvalue weighted by Crippen LogP contribution is 2.30. The van der Waals surface area contributed by atoms with Gasteiger partial charge in [-0.25, -0.2) is 4.98 Å². The Kier molecular flexibility index (Phi) is 2.33. The molecule has 2 aromatic carbocycles. The number of aromatic nitrogens is 1. The van der Waals surface area contributed by atoms with Crippen molar-refractivity contribution in [3.63, 3.8) is 0 Å². The Morgan fingerprint density at radius 3 is 2.40 bits per heavy atom. The molecule has 0 atom stereocenters. The first-order valence-corrected chi connectivity index (χ1v) is 6.30. The fraction of sp³-hybridized carbons (Fsp3) is 0. The van der Waals surface area contributed by atoms with Crippen LogP contribution in [-0.4, -0.2) is 22.2 Å². The van der Waals surface area contributed by atoms with Gasteiger partial charge in [0.1, 0.15) is 5.58 Å². The zero-order valence-corrected chi connectivity index (χ0v) is 10.4. The van der Waals surface area contributed by atoms with E-state index in [0.29, 0.717) is 5.71 Å². The maximum Gasteiger partial charge on any atom is 0.508 e. The molecule has 0 saturated carbocycles. The fourth-order valence-electron chi connectivity index (χ4n) is 2.50. The van der Waals surface area contributed by atoms with Crippen LogP contribution in [0, 0.1) is 0 Å². The molecule has 0 bridgehead atoms. The van der Waals surface area contributed by atoms with Gasteiger partial charge in [0.15, 0.2) is 0 Å². The van der Waals surface area contributed by atoms with Crippen molar-refractivity contribution < 1.29 is 14.5 Å². The Balaban J connectivity index is 2.10. The molecule has 4 rings (SSSR count). The SMILES string of the molecule is OB(O)c1ccc2c(n1)oc1cc3ccccc3cc12. The standard InChI is InChI=1S/C15H10BNO3/c18-16(19)14-6-5-11-12-7-9-3-1-2-4-10(9)8-13(12)20-15(11)17-14/h1-8,18-19H. The third-order valence-electron chi connectivity index (χ3n) is 3.49. The summed E-state index contributed by atoms with van der Waals surface area (Å²) < 4.78 is 5.72. The summed E-state index contributed by atoms with van der Waals surface area (Å²) in [6.07, 6.45) is 0. The van der Waals surface area contributed by atoms with Gasteiger partial charge >= 0.3 is 7.12 Å². The van der Waals surface area contributed by atoms with E-state index >= 15 is 0 Å². The van der Waals surface area contributed by atoms with Crippen molar-refractivity contribution in [1.29, 1.82) is 0 Å².